The van der Waals surface area contributed by atoms with Crippen LogP contribution in [0.1, 0.15) is 39.5 Å². The van der Waals surface area contributed by atoms with Crippen LogP contribution in [0.4, 0.5) is 0 Å². The van der Waals surface area contributed by atoms with Crippen LogP contribution in [0, 0.1) is 0 Å². The Morgan fingerprint density at radius 3 is 2.57 bits per heavy atom. The molecule has 2 nitrogen and oxygen atoms in total. The van der Waals surface area contributed by atoms with Crippen LogP contribution in [0.3, 0.4) is 0 Å². The first-order chi connectivity index (χ1) is 6.70. The molecule has 78 valence electrons. The molecule has 14 heavy (non-hydrogen) atoms. The molecule has 1 aliphatic rings. The molecule has 0 saturated heterocycles. The van der Waals surface area contributed by atoms with E-state index in [0.29, 0.717) is 12.2 Å². The van der Waals surface area contributed by atoms with E-state index in [1.165, 1.54) is 0 Å². The second-order valence-electron chi connectivity index (χ2n) is 3.55. The van der Waals surface area contributed by atoms with E-state index in [9.17, 15) is 10.2 Å². The van der Waals surface area contributed by atoms with Gasteiger partial charge in [-0.1, -0.05) is 25.5 Å². The highest BCUT2D eigenvalue weighted by Crippen LogP contribution is 2.30. The molecule has 0 atom stereocenters. The van der Waals surface area contributed by atoms with Crippen molar-refractivity contribution in [1.29, 1.82) is 0 Å². The number of allylic oxidation sites excluding steroid dienone is 5. The number of hydrogen-bond donors (Lipinski definition) is 2. The van der Waals surface area contributed by atoms with Crippen molar-refractivity contribution >= 4 is 0 Å². The summed E-state index contributed by atoms with van der Waals surface area (Å²) in [4.78, 5) is 0. The van der Waals surface area contributed by atoms with Gasteiger partial charge in [-0.15, -0.1) is 0 Å². The monoisotopic (exact) mass is 194 g/mol. The first-order valence-electron chi connectivity index (χ1n) is 5.16. The van der Waals surface area contributed by atoms with Crippen LogP contribution in [-0.2, 0) is 0 Å². The predicted octanol–water partition coefficient (Wildman–Crippen LogP) is 3.78. The Bertz CT molecular complexity index is 295. The van der Waals surface area contributed by atoms with Crippen LogP contribution in [0.25, 0.3) is 0 Å². The highest BCUT2D eigenvalue weighted by Gasteiger charge is 2.18. The Balaban J connectivity index is 2.99. The van der Waals surface area contributed by atoms with E-state index in [1.807, 2.05) is 26.0 Å². The van der Waals surface area contributed by atoms with E-state index in [-0.39, 0.29) is 5.76 Å². The van der Waals surface area contributed by atoms with Gasteiger partial charge in [0.2, 0.25) is 0 Å². The second kappa shape index (κ2) is 4.89. The van der Waals surface area contributed by atoms with Crippen molar-refractivity contribution in [1.82, 2.24) is 0 Å². The van der Waals surface area contributed by atoms with Gasteiger partial charge < -0.3 is 10.2 Å². The predicted molar refractivity (Wildman–Crippen MR) is 58.3 cm³/mol. The molecule has 0 spiro atoms. The summed E-state index contributed by atoms with van der Waals surface area (Å²) in [5.41, 5.74) is 1.67. The molecule has 0 radical (unpaired) electrons. The maximum atomic E-state index is 9.87. The van der Waals surface area contributed by atoms with Crippen LogP contribution in [0.15, 0.2) is 34.8 Å². The van der Waals surface area contributed by atoms with E-state index >= 15 is 0 Å². The van der Waals surface area contributed by atoms with E-state index in [4.69, 9.17) is 0 Å². The summed E-state index contributed by atoms with van der Waals surface area (Å²) in [7, 11) is 0. The zero-order valence-corrected chi connectivity index (χ0v) is 8.88. The van der Waals surface area contributed by atoms with Gasteiger partial charge in [0, 0.05) is 12.0 Å². The fourth-order valence-electron chi connectivity index (χ4n) is 1.73. The van der Waals surface area contributed by atoms with Gasteiger partial charge in [-0.2, -0.15) is 0 Å². The smallest absolute Gasteiger partial charge is 0.125 e. The van der Waals surface area contributed by atoms with Crippen LogP contribution in [0.5, 0.6) is 0 Å². The van der Waals surface area contributed by atoms with Crippen molar-refractivity contribution in [2.45, 2.75) is 39.5 Å². The summed E-state index contributed by atoms with van der Waals surface area (Å²) in [6, 6.07) is 0. The third kappa shape index (κ3) is 2.19. The summed E-state index contributed by atoms with van der Waals surface area (Å²) in [6.45, 7) is 3.97. The molecule has 1 rings (SSSR count). The van der Waals surface area contributed by atoms with Crippen molar-refractivity contribution in [2.24, 2.45) is 0 Å². The highest BCUT2D eigenvalue weighted by molar-refractivity contribution is 5.40. The molecule has 0 heterocycles. The van der Waals surface area contributed by atoms with Gasteiger partial charge in [0.1, 0.15) is 5.76 Å². The molecule has 0 unspecified atom stereocenters. The van der Waals surface area contributed by atoms with Crippen LogP contribution < -0.4 is 0 Å². The lowest BCUT2D eigenvalue weighted by molar-refractivity contribution is 0.343. The lowest BCUT2D eigenvalue weighted by Crippen LogP contribution is -2.05. The van der Waals surface area contributed by atoms with E-state index in [0.717, 1.165) is 30.4 Å². The lowest BCUT2D eigenvalue weighted by atomic mass is 9.93. The Labute approximate surface area is 85.3 Å². The quantitative estimate of drug-likeness (QED) is 0.717. The molecular weight excluding hydrogens is 176 g/mol. The first-order valence-corrected chi connectivity index (χ1v) is 5.16. The largest absolute Gasteiger partial charge is 0.512 e. The van der Waals surface area contributed by atoms with Gasteiger partial charge in [0.15, 0.2) is 0 Å². The van der Waals surface area contributed by atoms with Crippen LogP contribution >= 0.6 is 0 Å². The molecule has 0 saturated carbocycles. The molecule has 0 amide bonds. The van der Waals surface area contributed by atoms with Crippen molar-refractivity contribution in [2.75, 3.05) is 0 Å². The molecular formula is C12H18O2. The Hall–Kier alpha value is -1.18. The molecule has 0 fully saturated rings. The molecule has 0 bridgehead atoms. The maximum Gasteiger partial charge on any atom is 0.125 e. The molecule has 2 heteroatoms. The van der Waals surface area contributed by atoms with E-state index < -0.39 is 0 Å². The fraction of sp³-hybridized carbons (Fsp3) is 0.500. The summed E-state index contributed by atoms with van der Waals surface area (Å²) in [5, 5.41) is 19.5. The average Bonchev–Trinajstić information content (AvgIpc) is 2.17. The molecule has 0 aliphatic heterocycles. The van der Waals surface area contributed by atoms with Crippen LogP contribution in [-0.4, -0.2) is 10.2 Å². The zero-order valence-electron chi connectivity index (χ0n) is 8.88. The lowest BCUT2D eigenvalue weighted by Gasteiger charge is -2.17. The molecule has 2 N–H and O–H groups in total. The number of rotatable bonds is 3. The van der Waals surface area contributed by atoms with E-state index in [2.05, 4.69) is 0 Å². The SMILES string of the molecule is C/C=C\C1=C(O)C(CCC)=C(O)CC1. The summed E-state index contributed by atoms with van der Waals surface area (Å²) in [5.74, 6) is 0.645. The fourth-order valence-corrected chi connectivity index (χ4v) is 1.73. The van der Waals surface area contributed by atoms with Gasteiger partial charge in [0.25, 0.3) is 0 Å². The minimum Gasteiger partial charge on any atom is -0.512 e. The van der Waals surface area contributed by atoms with Crippen molar-refractivity contribution in [3.63, 3.8) is 0 Å². The number of aliphatic hydroxyl groups excluding tert-OH is 2. The van der Waals surface area contributed by atoms with Gasteiger partial charge in [0.05, 0.1) is 5.76 Å². The van der Waals surface area contributed by atoms with Crippen LogP contribution in [0.2, 0.25) is 0 Å². The van der Waals surface area contributed by atoms with Crippen molar-refractivity contribution in [3.8, 4) is 0 Å². The average molecular weight is 194 g/mol. The molecule has 0 aromatic heterocycles. The minimum atomic E-state index is 0.286. The maximum absolute atomic E-state index is 9.87. The normalized spacial score (nSPS) is 18.4. The molecule has 0 aromatic rings. The van der Waals surface area contributed by atoms with E-state index in [1.54, 1.807) is 0 Å². The van der Waals surface area contributed by atoms with Gasteiger partial charge in [-0.3, -0.25) is 0 Å². The molecule has 0 aromatic carbocycles. The summed E-state index contributed by atoms with van der Waals surface area (Å²) in [6.07, 6.45) is 6.90. The number of aliphatic hydroxyl groups is 2. The van der Waals surface area contributed by atoms with Gasteiger partial charge >= 0.3 is 0 Å². The minimum absolute atomic E-state index is 0.286. The molecule has 1 aliphatic carbocycles. The standard InChI is InChI=1S/C12H18O2/c1-3-5-9-7-8-11(13)10(6-4-2)12(9)14/h3,5,13-14H,4,6-8H2,1-2H3/b5-3-. The Morgan fingerprint density at radius 2 is 2.00 bits per heavy atom. The van der Waals surface area contributed by atoms with Gasteiger partial charge in [-0.05, 0) is 25.3 Å². The van der Waals surface area contributed by atoms with Gasteiger partial charge in [-0.25, -0.2) is 0 Å². The Kier molecular flexibility index (Phi) is 3.81. The second-order valence-corrected chi connectivity index (χ2v) is 3.55. The third-order valence-electron chi connectivity index (χ3n) is 2.44. The number of hydrogen-bond acceptors (Lipinski definition) is 2. The summed E-state index contributed by atoms with van der Waals surface area (Å²) >= 11 is 0. The van der Waals surface area contributed by atoms with Crippen molar-refractivity contribution < 1.29 is 10.2 Å². The zero-order chi connectivity index (χ0) is 10.6. The first kappa shape index (κ1) is 10.9. The third-order valence-corrected chi connectivity index (χ3v) is 2.44. The highest BCUT2D eigenvalue weighted by atomic mass is 16.3. The Morgan fingerprint density at radius 1 is 1.29 bits per heavy atom. The summed E-state index contributed by atoms with van der Waals surface area (Å²) < 4.78 is 0. The topological polar surface area (TPSA) is 40.5 Å². The van der Waals surface area contributed by atoms with Crippen molar-refractivity contribution in [3.05, 3.63) is 34.8 Å².